The van der Waals surface area contributed by atoms with E-state index in [1.807, 2.05) is 55.7 Å². The average molecular weight is 453 g/mol. The van der Waals surface area contributed by atoms with Gasteiger partial charge in [-0.05, 0) is 50.5 Å². The Kier molecular flexibility index (Phi) is 8.05. The third kappa shape index (κ3) is 5.97. The monoisotopic (exact) mass is 452 g/mol. The molecule has 168 valence electrons. The van der Waals surface area contributed by atoms with E-state index >= 15 is 0 Å². The molecule has 1 unspecified atom stereocenters. The first kappa shape index (κ1) is 23.5. The summed E-state index contributed by atoms with van der Waals surface area (Å²) < 4.78 is 7.11. The molecule has 3 aromatic rings. The van der Waals surface area contributed by atoms with Gasteiger partial charge in [0.05, 0.1) is 18.0 Å². The van der Waals surface area contributed by atoms with Crippen LogP contribution in [0.15, 0.2) is 53.7 Å². The van der Waals surface area contributed by atoms with Crippen LogP contribution >= 0.6 is 11.8 Å². The molecule has 3 rings (SSSR count). The topological polar surface area (TPSA) is 86.1 Å². The van der Waals surface area contributed by atoms with Crippen LogP contribution in [0.25, 0.3) is 5.69 Å². The van der Waals surface area contributed by atoms with Gasteiger partial charge in [-0.25, -0.2) is 4.79 Å². The van der Waals surface area contributed by atoms with Gasteiger partial charge < -0.3 is 10.1 Å². The number of nitrogens with zero attached hydrogens (tertiary/aromatic N) is 3. The van der Waals surface area contributed by atoms with Crippen LogP contribution in [-0.4, -0.2) is 45.0 Å². The van der Waals surface area contributed by atoms with E-state index in [4.69, 9.17) is 4.74 Å². The minimum absolute atomic E-state index is 0.105. The van der Waals surface area contributed by atoms with Gasteiger partial charge in [-0.2, -0.15) is 0 Å². The van der Waals surface area contributed by atoms with Crippen molar-refractivity contribution in [3.63, 3.8) is 0 Å². The lowest BCUT2D eigenvalue weighted by molar-refractivity contribution is -0.147. The number of carbonyl (C=O) groups excluding carboxylic acids is 2. The van der Waals surface area contributed by atoms with Crippen molar-refractivity contribution in [2.75, 3.05) is 12.4 Å². The van der Waals surface area contributed by atoms with E-state index in [1.165, 1.54) is 11.8 Å². The van der Waals surface area contributed by atoms with Gasteiger partial charge in [0.25, 0.3) is 0 Å². The minimum atomic E-state index is -0.746. The Morgan fingerprint density at radius 1 is 1.09 bits per heavy atom. The predicted molar refractivity (Wildman–Crippen MR) is 125 cm³/mol. The zero-order valence-electron chi connectivity index (χ0n) is 18.8. The maximum absolute atomic E-state index is 12.7. The summed E-state index contributed by atoms with van der Waals surface area (Å²) in [5, 5.41) is 11.9. The number of hydrogen-bond donors (Lipinski definition) is 1. The molecule has 32 heavy (non-hydrogen) atoms. The molecule has 0 aliphatic carbocycles. The fourth-order valence-electron chi connectivity index (χ4n) is 3.33. The fourth-order valence-corrected chi connectivity index (χ4v) is 4.13. The van der Waals surface area contributed by atoms with Crippen LogP contribution in [-0.2, 0) is 20.7 Å². The highest BCUT2D eigenvalue weighted by atomic mass is 32.2. The number of ether oxygens (including phenoxy) is 1. The molecule has 1 heterocycles. The molecule has 0 saturated carbocycles. The second kappa shape index (κ2) is 10.9. The molecule has 0 spiro atoms. The summed E-state index contributed by atoms with van der Waals surface area (Å²) in [4.78, 5) is 25.1. The summed E-state index contributed by atoms with van der Waals surface area (Å²) in [6.07, 6.45) is 0.369. The fraction of sp³-hybridized carbons (Fsp3) is 0.333. The van der Waals surface area contributed by atoms with Crippen LogP contribution in [0, 0.1) is 20.8 Å². The zero-order chi connectivity index (χ0) is 23.1. The summed E-state index contributed by atoms with van der Waals surface area (Å²) in [5.74, 6) is 0.143. The van der Waals surface area contributed by atoms with E-state index in [2.05, 4.69) is 33.7 Å². The summed E-state index contributed by atoms with van der Waals surface area (Å²) >= 11 is 1.28. The summed E-state index contributed by atoms with van der Waals surface area (Å²) in [5.41, 5.74) is 4.16. The first-order chi connectivity index (χ1) is 15.4. The number of aromatic nitrogens is 3. The van der Waals surface area contributed by atoms with Crippen LogP contribution < -0.4 is 5.32 Å². The molecular weight excluding hydrogens is 424 g/mol. The highest BCUT2D eigenvalue weighted by molar-refractivity contribution is 7.99. The van der Waals surface area contributed by atoms with E-state index in [-0.39, 0.29) is 18.3 Å². The third-order valence-corrected chi connectivity index (χ3v) is 5.85. The highest BCUT2D eigenvalue weighted by Gasteiger charge is 2.23. The Morgan fingerprint density at radius 3 is 2.56 bits per heavy atom. The molecule has 0 bridgehead atoms. The van der Waals surface area contributed by atoms with Crippen LogP contribution in [0.5, 0.6) is 0 Å². The number of esters is 1. The number of thioether (sulfide) groups is 1. The lowest BCUT2D eigenvalue weighted by atomic mass is 10.1. The van der Waals surface area contributed by atoms with Gasteiger partial charge in [-0.15, -0.1) is 10.2 Å². The van der Waals surface area contributed by atoms with Crippen molar-refractivity contribution in [3.05, 3.63) is 71.0 Å². The van der Waals surface area contributed by atoms with Crippen molar-refractivity contribution in [2.45, 2.75) is 45.3 Å². The molecule has 1 atom stereocenters. The Morgan fingerprint density at radius 2 is 1.84 bits per heavy atom. The first-order valence-electron chi connectivity index (χ1n) is 10.5. The van der Waals surface area contributed by atoms with Crippen molar-refractivity contribution in [1.29, 1.82) is 0 Å². The van der Waals surface area contributed by atoms with Crippen LogP contribution in [0.3, 0.4) is 0 Å². The Hall–Kier alpha value is -3.13. The number of benzene rings is 2. The van der Waals surface area contributed by atoms with Crippen molar-refractivity contribution in [1.82, 2.24) is 20.1 Å². The summed E-state index contributed by atoms with van der Waals surface area (Å²) in [6, 6.07) is 15.0. The highest BCUT2D eigenvalue weighted by Crippen LogP contribution is 2.24. The van der Waals surface area contributed by atoms with Crippen molar-refractivity contribution >= 4 is 23.6 Å². The van der Waals surface area contributed by atoms with E-state index < -0.39 is 12.0 Å². The van der Waals surface area contributed by atoms with Crippen LogP contribution in [0.4, 0.5) is 0 Å². The van der Waals surface area contributed by atoms with Gasteiger partial charge in [0.1, 0.15) is 11.9 Å². The maximum atomic E-state index is 12.7. The molecule has 1 N–H and O–H groups in total. The van der Waals surface area contributed by atoms with Crippen LogP contribution in [0.2, 0.25) is 0 Å². The molecule has 2 aromatic carbocycles. The number of hydrogen-bond acceptors (Lipinski definition) is 6. The predicted octanol–water partition coefficient (Wildman–Crippen LogP) is 3.58. The number of carbonyl (C=O) groups is 2. The Balaban J connectivity index is 1.70. The second-order valence-corrected chi connectivity index (χ2v) is 8.45. The lowest BCUT2D eigenvalue weighted by Gasteiger charge is -2.17. The minimum Gasteiger partial charge on any atom is -0.464 e. The van der Waals surface area contributed by atoms with Crippen LogP contribution in [0.1, 0.15) is 29.4 Å². The zero-order valence-corrected chi connectivity index (χ0v) is 19.6. The molecule has 0 aliphatic rings. The molecule has 0 radical (unpaired) electrons. The van der Waals surface area contributed by atoms with Gasteiger partial charge in [0.2, 0.25) is 5.91 Å². The molecular formula is C24H28N4O3S. The Bertz CT molecular complexity index is 1080. The number of aryl methyl sites for hydroxylation is 3. The normalized spacial score (nSPS) is 11.8. The molecule has 0 aliphatic heterocycles. The molecule has 1 amide bonds. The molecule has 0 saturated heterocycles. The largest absolute Gasteiger partial charge is 0.464 e. The maximum Gasteiger partial charge on any atom is 0.328 e. The molecule has 0 fully saturated rings. The van der Waals surface area contributed by atoms with Gasteiger partial charge in [0.15, 0.2) is 5.16 Å². The van der Waals surface area contributed by atoms with E-state index in [0.717, 1.165) is 28.2 Å². The first-order valence-corrected chi connectivity index (χ1v) is 11.5. The molecule has 8 heteroatoms. The van der Waals surface area contributed by atoms with Crippen molar-refractivity contribution < 1.29 is 14.3 Å². The van der Waals surface area contributed by atoms with Gasteiger partial charge in [-0.3, -0.25) is 9.36 Å². The Labute approximate surface area is 192 Å². The third-order valence-electron chi connectivity index (χ3n) is 4.92. The smallest absolute Gasteiger partial charge is 0.328 e. The number of rotatable bonds is 9. The second-order valence-electron chi connectivity index (χ2n) is 7.51. The van der Waals surface area contributed by atoms with E-state index in [9.17, 15) is 9.59 Å². The van der Waals surface area contributed by atoms with E-state index in [1.54, 1.807) is 6.92 Å². The summed E-state index contributed by atoms with van der Waals surface area (Å²) in [6.45, 7) is 7.95. The lowest BCUT2D eigenvalue weighted by Crippen LogP contribution is -2.44. The van der Waals surface area contributed by atoms with Gasteiger partial charge >= 0.3 is 5.97 Å². The molecule has 7 nitrogen and oxygen atoms in total. The standard InChI is InChI=1S/C24H28N4O3S/c1-5-31-23(30)20(14-19-9-7-6-8-10-19)25-22(29)15-32-24-27-26-18(4)28(24)21-13-16(2)11-12-17(21)3/h6-13,20H,5,14-15H2,1-4H3,(H,25,29). The van der Waals surface area contributed by atoms with Gasteiger partial charge in [0, 0.05) is 6.42 Å². The number of nitrogens with one attached hydrogen (secondary N) is 1. The average Bonchev–Trinajstić information content (AvgIpc) is 3.14. The van der Waals surface area contributed by atoms with Gasteiger partial charge in [-0.1, -0.05) is 54.2 Å². The van der Waals surface area contributed by atoms with E-state index in [0.29, 0.717) is 11.6 Å². The summed E-state index contributed by atoms with van der Waals surface area (Å²) in [7, 11) is 0. The number of amides is 1. The van der Waals surface area contributed by atoms with Crippen molar-refractivity contribution in [2.24, 2.45) is 0 Å². The quantitative estimate of drug-likeness (QED) is 0.395. The SMILES string of the molecule is CCOC(=O)C(Cc1ccccc1)NC(=O)CSc1nnc(C)n1-c1cc(C)ccc1C. The van der Waals surface area contributed by atoms with Crippen molar-refractivity contribution in [3.8, 4) is 5.69 Å². The molecule has 1 aromatic heterocycles.